The van der Waals surface area contributed by atoms with E-state index in [1.165, 1.54) is 25.7 Å². The van der Waals surface area contributed by atoms with Gasteiger partial charge in [-0.15, -0.1) is 0 Å². The minimum absolute atomic E-state index is 0.224. The molecule has 1 aliphatic rings. The first-order chi connectivity index (χ1) is 8.06. The van der Waals surface area contributed by atoms with Crippen molar-refractivity contribution in [2.75, 3.05) is 27.2 Å². The highest BCUT2D eigenvalue weighted by Crippen LogP contribution is 2.31. The van der Waals surface area contributed by atoms with E-state index in [0.717, 1.165) is 24.9 Å². The average molecular weight is 242 g/mol. The molecule has 4 unspecified atom stereocenters. The SMILES string of the molecule is CCC1CCC(NC)C(CN(C)CC(C)O)C1. The Hall–Kier alpha value is -0.120. The van der Waals surface area contributed by atoms with Crippen LogP contribution in [-0.2, 0) is 0 Å². The molecule has 0 amide bonds. The van der Waals surface area contributed by atoms with Crippen LogP contribution in [0.5, 0.6) is 0 Å². The number of nitrogens with one attached hydrogen (secondary N) is 1. The van der Waals surface area contributed by atoms with Gasteiger partial charge in [0.25, 0.3) is 0 Å². The van der Waals surface area contributed by atoms with E-state index in [-0.39, 0.29) is 6.10 Å². The Morgan fingerprint density at radius 3 is 2.65 bits per heavy atom. The molecule has 4 atom stereocenters. The molecular weight excluding hydrogens is 212 g/mol. The maximum Gasteiger partial charge on any atom is 0.0638 e. The fraction of sp³-hybridized carbons (Fsp3) is 1.00. The van der Waals surface area contributed by atoms with Gasteiger partial charge in [-0.3, -0.25) is 0 Å². The van der Waals surface area contributed by atoms with Crippen LogP contribution in [0.4, 0.5) is 0 Å². The minimum Gasteiger partial charge on any atom is -0.392 e. The summed E-state index contributed by atoms with van der Waals surface area (Å²) in [6, 6.07) is 0.661. The molecule has 1 saturated carbocycles. The Labute approximate surface area is 107 Å². The molecular formula is C14H30N2O. The van der Waals surface area contributed by atoms with Crippen LogP contribution in [0.1, 0.15) is 39.5 Å². The molecule has 0 spiro atoms. The predicted octanol–water partition coefficient (Wildman–Crippen LogP) is 1.71. The third-order valence-electron chi connectivity index (χ3n) is 4.16. The number of likely N-dealkylation sites (N-methyl/N-ethyl adjacent to an activating group) is 1. The Balaban J connectivity index is 2.45. The van der Waals surface area contributed by atoms with Gasteiger partial charge in [-0.05, 0) is 52.1 Å². The van der Waals surface area contributed by atoms with Gasteiger partial charge in [0.1, 0.15) is 0 Å². The molecule has 3 heteroatoms. The van der Waals surface area contributed by atoms with Crippen LogP contribution in [-0.4, -0.2) is 49.3 Å². The van der Waals surface area contributed by atoms with Gasteiger partial charge in [-0.1, -0.05) is 13.3 Å². The number of nitrogens with zero attached hydrogens (tertiary/aromatic N) is 1. The van der Waals surface area contributed by atoms with Crippen LogP contribution in [0.15, 0.2) is 0 Å². The molecule has 0 heterocycles. The summed E-state index contributed by atoms with van der Waals surface area (Å²) in [5.74, 6) is 1.65. The lowest BCUT2D eigenvalue weighted by Gasteiger charge is -2.38. The number of hydrogen-bond donors (Lipinski definition) is 2. The van der Waals surface area contributed by atoms with Crippen molar-refractivity contribution < 1.29 is 5.11 Å². The zero-order valence-electron chi connectivity index (χ0n) is 11.9. The maximum atomic E-state index is 9.42. The molecule has 0 aromatic heterocycles. The van der Waals surface area contributed by atoms with Crippen LogP contribution in [0.3, 0.4) is 0 Å². The highest BCUT2D eigenvalue weighted by Gasteiger charge is 2.29. The molecule has 1 fully saturated rings. The van der Waals surface area contributed by atoms with Crippen LogP contribution < -0.4 is 5.32 Å². The fourth-order valence-electron chi connectivity index (χ4n) is 3.24. The number of aliphatic hydroxyl groups is 1. The summed E-state index contributed by atoms with van der Waals surface area (Å²) in [5, 5.41) is 12.9. The van der Waals surface area contributed by atoms with Crippen LogP contribution in [0.25, 0.3) is 0 Å². The van der Waals surface area contributed by atoms with Gasteiger partial charge < -0.3 is 15.3 Å². The van der Waals surface area contributed by atoms with Gasteiger partial charge >= 0.3 is 0 Å². The molecule has 0 bridgehead atoms. The van der Waals surface area contributed by atoms with E-state index in [0.29, 0.717) is 6.04 Å². The van der Waals surface area contributed by atoms with Gasteiger partial charge in [0.15, 0.2) is 0 Å². The van der Waals surface area contributed by atoms with E-state index in [1.54, 1.807) is 0 Å². The first kappa shape index (κ1) is 14.9. The van der Waals surface area contributed by atoms with Gasteiger partial charge in [0, 0.05) is 19.1 Å². The average Bonchev–Trinajstić information content (AvgIpc) is 2.27. The molecule has 102 valence electrons. The summed E-state index contributed by atoms with van der Waals surface area (Å²) in [4.78, 5) is 2.28. The largest absolute Gasteiger partial charge is 0.392 e. The van der Waals surface area contributed by atoms with Crippen molar-refractivity contribution >= 4 is 0 Å². The summed E-state index contributed by atoms with van der Waals surface area (Å²) < 4.78 is 0. The van der Waals surface area contributed by atoms with E-state index in [2.05, 4.69) is 31.2 Å². The van der Waals surface area contributed by atoms with E-state index in [9.17, 15) is 5.11 Å². The summed E-state index contributed by atoms with van der Waals surface area (Å²) in [6.45, 7) is 6.05. The number of aliphatic hydroxyl groups excluding tert-OH is 1. The molecule has 17 heavy (non-hydrogen) atoms. The lowest BCUT2D eigenvalue weighted by atomic mass is 9.76. The van der Waals surface area contributed by atoms with E-state index in [4.69, 9.17) is 0 Å². The van der Waals surface area contributed by atoms with E-state index < -0.39 is 0 Å². The number of hydrogen-bond acceptors (Lipinski definition) is 3. The Morgan fingerprint density at radius 1 is 1.41 bits per heavy atom. The van der Waals surface area contributed by atoms with Crippen molar-refractivity contribution in [2.24, 2.45) is 11.8 Å². The summed E-state index contributed by atoms with van der Waals surface area (Å²) in [6.07, 6.45) is 5.11. The fourth-order valence-corrected chi connectivity index (χ4v) is 3.24. The lowest BCUT2D eigenvalue weighted by Crippen LogP contribution is -2.44. The van der Waals surface area contributed by atoms with Crippen LogP contribution in [0, 0.1) is 11.8 Å². The Kier molecular flexibility index (Phi) is 6.45. The Bertz CT molecular complexity index is 208. The lowest BCUT2D eigenvalue weighted by molar-refractivity contribution is 0.107. The van der Waals surface area contributed by atoms with Gasteiger partial charge in [-0.2, -0.15) is 0 Å². The zero-order chi connectivity index (χ0) is 12.8. The van der Waals surface area contributed by atoms with E-state index in [1.807, 2.05) is 6.92 Å². The molecule has 1 rings (SSSR count). The highest BCUT2D eigenvalue weighted by atomic mass is 16.3. The second kappa shape index (κ2) is 7.34. The second-order valence-electron chi connectivity index (χ2n) is 5.81. The van der Waals surface area contributed by atoms with Crippen LogP contribution >= 0.6 is 0 Å². The molecule has 0 aliphatic heterocycles. The molecule has 0 saturated heterocycles. The van der Waals surface area contributed by atoms with Crippen LogP contribution in [0.2, 0.25) is 0 Å². The van der Waals surface area contributed by atoms with Crippen molar-refractivity contribution in [1.82, 2.24) is 10.2 Å². The van der Waals surface area contributed by atoms with Gasteiger partial charge in [0.2, 0.25) is 0 Å². The topological polar surface area (TPSA) is 35.5 Å². The number of rotatable bonds is 6. The van der Waals surface area contributed by atoms with Crippen molar-refractivity contribution in [3.63, 3.8) is 0 Å². The first-order valence-electron chi connectivity index (χ1n) is 7.10. The standard InChI is InChI=1S/C14H30N2O/c1-5-12-6-7-14(15-3)13(8-12)10-16(4)9-11(2)17/h11-15,17H,5-10H2,1-4H3. The summed E-state index contributed by atoms with van der Waals surface area (Å²) >= 11 is 0. The van der Waals surface area contributed by atoms with Gasteiger partial charge in [-0.25, -0.2) is 0 Å². The molecule has 0 aromatic rings. The quantitative estimate of drug-likeness (QED) is 0.744. The monoisotopic (exact) mass is 242 g/mol. The van der Waals surface area contributed by atoms with E-state index >= 15 is 0 Å². The minimum atomic E-state index is -0.224. The third kappa shape index (κ3) is 4.94. The Morgan fingerprint density at radius 2 is 2.12 bits per heavy atom. The van der Waals surface area contributed by atoms with Gasteiger partial charge in [0.05, 0.1) is 6.10 Å². The third-order valence-corrected chi connectivity index (χ3v) is 4.16. The molecule has 0 radical (unpaired) electrons. The predicted molar refractivity (Wildman–Crippen MR) is 73.1 cm³/mol. The summed E-state index contributed by atoms with van der Waals surface area (Å²) in [5.41, 5.74) is 0. The normalized spacial score (nSPS) is 31.8. The summed E-state index contributed by atoms with van der Waals surface area (Å²) in [7, 11) is 4.20. The first-order valence-corrected chi connectivity index (χ1v) is 7.10. The van der Waals surface area contributed by atoms with Crippen molar-refractivity contribution in [3.8, 4) is 0 Å². The highest BCUT2D eigenvalue weighted by molar-refractivity contribution is 4.85. The second-order valence-corrected chi connectivity index (χ2v) is 5.81. The molecule has 0 aromatic carbocycles. The smallest absolute Gasteiger partial charge is 0.0638 e. The maximum absolute atomic E-state index is 9.42. The zero-order valence-corrected chi connectivity index (χ0v) is 11.9. The van der Waals surface area contributed by atoms with Crippen molar-refractivity contribution in [2.45, 2.75) is 51.7 Å². The molecule has 2 N–H and O–H groups in total. The van der Waals surface area contributed by atoms with Crippen molar-refractivity contribution in [3.05, 3.63) is 0 Å². The molecule has 3 nitrogen and oxygen atoms in total. The van der Waals surface area contributed by atoms with Crippen molar-refractivity contribution in [1.29, 1.82) is 0 Å². The molecule has 1 aliphatic carbocycles.